The molecule has 0 saturated carbocycles. The van der Waals surface area contributed by atoms with Gasteiger partial charge in [-0.05, 0) is 55.7 Å². The second-order valence-corrected chi connectivity index (χ2v) is 16.0. The summed E-state index contributed by atoms with van der Waals surface area (Å²) in [5.74, 6) is -4.40. The molecule has 0 radical (unpaired) electrons. The molecule has 0 amide bonds. The van der Waals surface area contributed by atoms with Crippen LogP contribution in [0.5, 0.6) is 11.5 Å². The fraction of sp³-hybridized carbons (Fsp3) is 0.532. The van der Waals surface area contributed by atoms with Crippen LogP contribution in [-0.4, -0.2) is 138 Å². The van der Waals surface area contributed by atoms with Gasteiger partial charge in [0.15, 0.2) is 18.5 Å². The van der Waals surface area contributed by atoms with E-state index in [-0.39, 0.29) is 29.9 Å². The van der Waals surface area contributed by atoms with Crippen molar-refractivity contribution < 1.29 is 84.0 Å². The summed E-state index contributed by atoms with van der Waals surface area (Å²) in [5.41, 5.74) is 0.834. The molecular weight excluding hydrogens is 836 g/mol. The molecule has 13 atom stereocenters. The number of fused-ring (bicyclic) bond motifs is 2. The number of carbonyl (C=O) groups is 2. The molecule has 1 aromatic rings. The summed E-state index contributed by atoms with van der Waals surface area (Å²) < 4.78 is 34.6. The van der Waals surface area contributed by atoms with E-state index < -0.39 is 104 Å². The van der Waals surface area contributed by atoms with Gasteiger partial charge < -0.3 is 74.4 Å². The predicted molar refractivity (Wildman–Crippen MR) is 231 cm³/mol. The van der Waals surface area contributed by atoms with Gasteiger partial charge in [0.25, 0.3) is 0 Å². The first-order valence-corrected chi connectivity index (χ1v) is 21.5. The Morgan fingerprint density at radius 1 is 0.875 bits per heavy atom. The van der Waals surface area contributed by atoms with E-state index >= 15 is 0 Å². The lowest BCUT2D eigenvalue weighted by molar-refractivity contribution is -0.395. The van der Waals surface area contributed by atoms with Gasteiger partial charge in [0.05, 0.1) is 31.0 Å². The second-order valence-electron chi connectivity index (χ2n) is 16.0. The zero-order chi connectivity index (χ0) is 47.0. The Bertz CT molecular complexity index is 1890. The van der Waals surface area contributed by atoms with Gasteiger partial charge in [-0.25, -0.2) is 9.59 Å². The molecular formula is C47H64O17. The summed E-state index contributed by atoms with van der Waals surface area (Å²) in [4.78, 5) is 25.8. The van der Waals surface area contributed by atoms with Crippen LogP contribution in [0.4, 0.5) is 0 Å². The van der Waals surface area contributed by atoms with Crippen molar-refractivity contribution in [3.8, 4) is 11.5 Å². The van der Waals surface area contributed by atoms with E-state index in [2.05, 4.69) is 19.9 Å². The molecule has 1 spiro atoms. The van der Waals surface area contributed by atoms with Gasteiger partial charge in [0.2, 0.25) is 5.79 Å². The molecule has 3 heterocycles. The van der Waals surface area contributed by atoms with Crippen LogP contribution in [-0.2, 0) is 50.4 Å². The largest absolute Gasteiger partial charge is 0.508 e. The number of benzene rings is 1. The highest BCUT2D eigenvalue weighted by Gasteiger charge is 2.63. The Morgan fingerprint density at radius 2 is 1.59 bits per heavy atom. The maximum atomic E-state index is 13.4. The first-order chi connectivity index (χ1) is 30.6. The number of aromatic hydroxyl groups is 2. The fourth-order valence-electron chi connectivity index (χ4n) is 7.09. The molecule has 17 heteroatoms. The van der Waals surface area contributed by atoms with E-state index in [0.717, 1.165) is 43.1 Å². The van der Waals surface area contributed by atoms with Crippen LogP contribution >= 0.6 is 0 Å². The van der Waals surface area contributed by atoms with E-state index in [0.29, 0.717) is 12.3 Å². The molecule has 0 aromatic heterocycles. The van der Waals surface area contributed by atoms with Crippen LogP contribution in [0, 0.1) is 5.92 Å². The molecule has 17 nitrogen and oxygen atoms in total. The lowest BCUT2D eigenvalue weighted by Gasteiger charge is -2.50. The summed E-state index contributed by atoms with van der Waals surface area (Å²) in [6, 6.07) is 2.25. The first-order valence-electron chi connectivity index (χ1n) is 21.5. The molecule has 64 heavy (non-hydrogen) atoms. The number of phenols is 2. The molecule has 2 saturated heterocycles. The van der Waals surface area contributed by atoms with Crippen molar-refractivity contribution >= 4 is 11.9 Å². The molecule has 3 aliphatic rings. The van der Waals surface area contributed by atoms with Crippen molar-refractivity contribution in [2.75, 3.05) is 13.2 Å². The number of carbonyl (C=O) groups excluding carboxylic acids is 2. The fourth-order valence-corrected chi connectivity index (χ4v) is 7.09. The van der Waals surface area contributed by atoms with Crippen LogP contribution < -0.4 is 0 Å². The Labute approximate surface area is 373 Å². The summed E-state index contributed by atoms with van der Waals surface area (Å²) >= 11 is 0. The average Bonchev–Trinajstić information content (AvgIpc) is 3.64. The van der Waals surface area contributed by atoms with E-state index in [1.807, 2.05) is 19.1 Å². The number of esters is 2. The number of hydrogen-bond donors (Lipinski definition) is 9. The van der Waals surface area contributed by atoms with Gasteiger partial charge in [-0.15, -0.1) is 0 Å². The van der Waals surface area contributed by atoms with Crippen LogP contribution in [0.15, 0.2) is 96.7 Å². The molecule has 3 aliphatic heterocycles. The van der Waals surface area contributed by atoms with Gasteiger partial charge in [-0.1, -0.05) is 94.0 Å². The third kappa shape index (κ3) is 14.0. The number of hydrogen-bond acceptors (Lipinski definition) is 17. The van der Waals surface area contributed by atoms with E-state index in [1.54, 1.807) is 31.2 Å². The molecule has 9 N–H and O–H groups in total. The van der Waals surface area contributed by atoms with Crippen LogP contribution in [0.25, 0.3) is 0 Å². The molecule has 13 unspecified atom stereocenters. The molecule has 1 aromatic carbocycles. The van der Waals surface area contributed by atoms with Crippen molar-refractivity contribution in [2.45, 2.75) is 140 Å². The Hall–Kier alpha value is -4.50. The number of aliphatic hydroxyl groups is 7. The van der Waals surface area contributed by atoms with Gasteiger partial charge in [0, 0.05) is 18.2 Å². The van der Waals surface area contributed by atoms with Crippen LogP contribution in [0.2, 0.25) is 0 Å². The van der Waals surface area contributed by atoms with E-state index in [1.165, 1.54) is 30.4 Å². The van der Waals surface area contributed by atoms with Crippen LogP contribution in [0.1, 0.15) is 70.9 Å². The number of phenolic OH excluding ortho intramolecular Hbond substituents is 2. The number of aliphatic hydroxyl groups excluding tert-OH is 7. The van der Waals surface area contributed by atoms with Crippen molar-refractivity contribution in [2.24, 2.45) is 5.92 Å². The van der Waals surface area contributed by atoms with Gasteiger partial charge in [0.1, 0.15) is 54.7 Å². The number of allylic oxidation sites excluding steroid dienone is 9. The normalized spacial score (nSPS) is 30.4. The minimum atomic E-state index is -2.28. The highest BCUT2D eigenvalue weighted by molar-refractivity contribution is 5.82. The quantitative estimate of drug-likeness (QED) is 0.0488. The summed E-state index contributed by atoms with van der Waals surface area (Å²) in [5, 5.41) is 96.3. The van der Waals surface area contributed by atoms with Crippen LogP contribution in [0.3, 0.4) is 0 Å². The SMILES string of the molecule is CCC(O)/C=C/C=C\C=C\C(=O)OCC1OC(OC2C(CO)OC3(OCc4cc(O)cc(O)c43)C(O)C2OC(=O)/C=C/C=C/CC(O)/C(C)=C/C=C/CCC(C)CC)C(O)C(O)C1O. The molecule has 354 valence electrons. The highest BCUT2D eigenvalue weighted by atomic mass is 16.8. The monoisotopic (exact) mass is 900 g/mol. The minimum Gasteiger partial charge on any atom is -0.508 e. The Kier molecular flexibility index (Phi) is 20.6. The standard InChI is InChI=1S/C47H64O17/c1-5-28(3)17-11-9-12-18-29(4)33(51)20-14-10-16-22-38(54)62-44-43(35(25-48)64-47(45(44)58)39-30(26-60-47)23-32(50)24-34(39)52)63-46-42(57)41(56)40(55)36(61-46)27-59-37(53)21-15-8-7-13-19-31(49)6-2/h7-10,12-16,18-19,21-24,28,31,33,35-36,40-46,48-52,55-58H,5-6,11,17,20,25-27H2,1-4H3/b8-7-,12-9+,14-10+,19-13+,21-15+,22-16+,29-18+. The van der Waals surface area contributed by atoms with Crippen molar-refractivity contribution in [1.29, 1.82) is 0 Å². The molecule has 2 fully saturated rings. The third-order valence-electron chi connectivity index (χ3n) is 11.2. The van der Waals surface area contributed by atoms with Gasteiger partial charge >= 0.3 is 11.9 Å². The maximum absolute atomic E-state index is 13.4. The zero-order valence-electron chi connectivity index (χ0n) is 36.5. The maximum Gasteiger partial charge on any atom is 0.331 e. The van der Waals surface area contributed by atoms with E-state index in [9.17, 15) is 55.5 Å². The molecule has 4 rings (SSSR count). The smallest absolute Gasteiger partial charge is 0.331 e. The van der Waals surface area contributed by atoms with Crippen molar-refractivity contribution in [1.82, 2.24) is 0 Å². The number of ether oxygens (including phenoxy) is 6. The molecule has 0 bridgehead atoms. The third-order valence-corrected chi connectivity index (χ3v) is 11.2. The lowest BCUT2D eigenvalue weighted by atomic mass is 9.86. The number of rotatable bonds is 21. The molecule has 0 aliphatic carbocycles. The Morgan fingerprint density at radius 3 is 2.31 bits per heavy atom. The van der Waals surface area contributed by atoms with Gasteiger partial charge in [-0.3, -0.25) is 0 Å². The second kappa shape index (κ2) is 25.3. The average molecular weight is 901 g/mol. The van der Waals surface area contributed by atoms with Gasteiger partial charge in [-0.2, -0.15) is 0 Å². The van der Waals surface area contributed by atoms with Crippen molar-refractivity contribution in [3.05, 3.63) is 108 Å². The summed E-state index contributed by atoms with van der Waals surface area (Å²) in [6.45, 7) is 6.16. The highest BCUT2D eigenvalue weighted by Crippen LogP contribution is 2.51. The predicted octanol–water partition coefficient (Wildman–Crippen LogP) is 2.81. The summed E-state index contributed by atoms with van der Waals surface area (Å²) in [7, 11) is 0. The zero-order valence-corrected chi connectivity index (χ0v) is 36.5. The van der Waals surface area contributed by atoms with Crippen molar-refractivity contribution in [3.63, 3.8) is 0 Å². The minimum absolute atomic E-state index is 0.121. The summed E-state index contributed by atoms with van der Waals surface area (Å²) in [6.07, 6.45) is 6.33. The lowest BCUT2D eigenvalue weighted by Crippen LogP contribution is -2.67. The van der Waals surface area contributed by atoms with E-state index in [4.69, 9.17) is 28.4 Å². The topological polar surface area (TPSA) is 272 Å². The first kappa shape index (κ1) is 52.1. The Balaban J connectivity index is 1.51.